The van der Waals surface area contributed by atoms with E-state index in [0.29, 0.717) is 0 Å². The number of nitro groups is 1. The zero-order valence-corrected chi connectivity index (χ0v) is 13.2. The number of anilines is 1. The average Bonchev–Trinajstić information content (AvgIpc) is 3.26. The van der Waals surface area contributed by atoms with Gasteiger partial charge in [0.2, 0.25) is 10.0 Å². The number of hydrogen-bond donors (Lipinski definition) is 2. The number of nitrogens with one attached hydrogen (secondary N) is 1. The molecule has 1 aliphatic rings. The molecule has 1 saturated carbocycles. The second-order valence-corrected chi connectivity index (χ2v) is 7.19. The Morgan fingerprint density at radius 2 is 1.88 bits per heavy atom. The van der Waals surface area contributed by atoms with Crippen molar-refractivity contribution in [3.63, 3.8) is 0 Å². The van der Waals surface area contributed by atoms with E-state index in [1.807, 2.05) is 0 Å². The van der Waals surface area contributed by atoms with Crippen LogP contribution in [0.4, 0.5) is 15.8 Å². The minimum atomic E-state index is -4.01. The van der Waals surface area contributed by atoms with Gasteiger partial charge in [-0.05, 0) is 36.2 Å². The Bertz CT molecular complexity index is 899. The zero-order valence-electron chi connectivity index (χ0n) is 12.3. The number of benzene rings is 2. The quantitative estimate of drug-likeness (QED) is 0.634. The first kappa shape index (κ1) is 16.3. The van der Waals surface area contributed by atoms with Crippen molar-refractivity contribution in [1.82, 2.24) is 0 Å². The molecule has 3 N–H and O–H groups in total. The first-order chi connectivity index (χ1) is 11.3. The van der Waals surface area contributed by atoms with Crippen LogP contribution < -0.4 is 10.5 Å². The third kappa shape index (κ3) is 3.36. The van der Waals surface area contributed by atoms with Gasteiger partial charge in [-0.1, -0.05) is 12.1 Å². The topological polar surface area (TPSA) is 115 Å². The van der Waals surface area contributed by atoms with E-state index >= 15 is 0 Å². The Morgan fingerprint density at radius 1 is 1.21 bits per heavy atom. The number of halogens is 1. The van der Waals surface area contributed by atoms with E-state index < -0.39 is 14.9 Å². The molecule has 0 radical (unpaired) electrons. The standard InChI is InChI=1S/C15H14FN3O4S/c16-10-3-1-9(2-4-10)12-8-14(12)18-13-6-5-11(24(17,22)23)7-15(13)19(20)21/h1-7,12,14,18H,8H2,(H2,17,22,23)/t12-,14+/m0/s1. The molecular weight excluding hydrogens is 337 g/mol. The van der Waals surface area contributed by atoms with Gasteiger partial charge in [-0.3, -0.25) is 10.1 Å². The van der Waals surface area contributed by atoms with Gasteiger partial charge in [0.25, 0.3) is 5.69 Å². The molecule has 126 valence electrons. The SMILES string of the molecule is NS(=O)(=O)c1ccc(N[C@@H]2C[C@H]2c2ccc(F)cc2)c([N+](=O)[O-])c1. The Kier molecular flexibility index (Phi) is 3.98. The third-order valence-electron chi connectivity index (χ3n) is 3.92. The molecule has 24 heavy (non-hydrogen) atoms. The van der Waals surface area contributed by atoms with Crippen LogP contribution in [-0.4, -0.2) is 19.4 Å². The van der Waals surface area contributed by atoms with E-state index in [1.54, 1.807) is 12.1 Å². The summed E-state index contributed by atoms with van der Waals surface area (Å²) in [5.41, 5.74) is 0.811. The molecular formula is C15H14FN3O4S. The summed E-state index contributed by atoms with van der Waals surface area (Å²) < 4.78 is 35.6. The highest BCUT2D eigenvalue weighted by molar-refractivity contribution is 7.89. The molecule has 1 aliphatic carbocycles. The lowest BCUT2D eigenvalue weighted by molar-refractivity contribution is -0.384. The predicted octanol–water partition coefficient (Wildman–Crippen LogP) is 2.35. The molecule has 2 atom stereocenters. The summed E-state index contributed by atoms with van der Waals surface area (Å²) in [4.78, 5) is 10.2. The van der Waals surface area contributed by atoms with Crippen LogP contribution in [0.5, 0.6) is 0 Å². The Morgan fingerprint density at radius 3 is 2.46 bits per heavy atom. The Hall–Kier alpha value is -2.52. The molecule has 0 aromatic heterocycles. The van der Waals surface area contributed by atoms with Crippen molar-refractivity contribution in [1.29, 1.82) is 0 Å². The number of nitro benzene ring substituents is 1. The lowest BCUT2D eigenvalue weighted by Gasteiger charge is -2.08. The maximum Gasteiger partial charge on any atom is 0.293 e. The molecule has 0 spiro atoms. The third-order valence-corrected chi connectivity index (χ3v) is 4.83. The summed E-state index contributed by atoms with van der Waals surface area (Å²) in [6.07, 6.45) is 0.750. The molecule has 0 heterocycles. The normalized spacial score (nSPS) is 19.8. The molecule has 0 saturated heterocycles. The van der Waals surface area contributed by atoms with Crippen LogP contribution in [0.2, 0.25) is 0 Å². The van der Waals surface area contributed by atoms with E-state index in [0.717, 1.165) is 18.1 Å². The van der Waals surface area contributed by atoms with Gasteiger partial charge in [-0.2, -0.15) is 0 Å². The molecule has 0 bridgehead atoms. The second-order valence-electron chi connectivity index (χ2n) is 5.63. The average molecular weight is 351 g/mol. The maximum absolute atomic E-state index is 12.9. The summed E-state index contributed by atoms with van der Waals surface area (Å²) >= 11 is 0. The number of primary sulfonamides is 1. The summed E-state index contributed by atoms with van der Waals surface area (Å²) in [7, 11) is -4.01. The van der Waals surface area contributed by atoms with Crippen molar-refractivity contribution in [2.24, 2.45) is 5.14 Å². The number of nitrogens with zero attached hydrogens (tertiary/aromatic N) is 1. The molecule has 9 heteroatoms. The van der Waals surface area contributed by atoms with E-state index in [2.05, 4.69) is 5.32 Å². The largest absolute Gasteiger partial charge is 0.376 e. The first-order valence-corrected chi connectivity index (χ1v) is 8.63. The molecule has 7 nitrogen and oxygen atoms in total. The fourth-order valence-corrected chi connectivity index (χ4v) is 3.13. The van der Waals surface area contributed by atoms with Crippen LogP contribution in [0.1, 0.15) is 17.9 Å². The van der Waals surface area contributed by atoms with Crippen LogP contribution in [0.25, 0.3) is 0 Å². The van der Waals surface area contributed by atoms with Gasteiger partial charge in [0.15, 0.2) is 0 Å². The highest BCUT2D eigenvalue weighted by Gasteiger charge is 2.39. The summed E-state index contributed by atoms with van der Waals surface area (Å²) in [6.45, 7) is 0. The highest BCUT2D eigenvalue weighted by Crippen LogP contribution is 2.44. The van der Waals surface area contributed by atoms with Crippen LogP contribution in [0, 0.1) is 15.9 Å². The minimum absolute atomic E-state index is 0.0329. The summed E-state index contributed by atoms with van der Waals surface area (Å²) in [5, 5.41) is 19.2. The molecule has 0 aliphatic heterocycles. The second kappa shape index (κ2) is 5.84. The summed E-state index contributed by atoms with van der Waals surface area (Å²) in [6, 6.07) is 9.56. The Balaban J connectivity index is 1.81. The lowest BCUT2D eigenvalue weighted by atomic mass is 10.1. The van der Waals surface area contributed by atoms with E-state index in [-0.39, 0.29) is 34.0 Å². The maximum atomic E-state index is 12.9. The van der Waals surface area contributed by atoms with Crippen LogP contribution >= 0.6 is 0 Å². The smallest absolute Gasteiger partial charge is 0.293 e. The highest BCUT2D eigenvalue weighted by atomic mass is 32.2. The fraction of sp³-hybridized carbons (Fsp3) is 0.200. The van der Waals surface area contributed by atoms with Crippen molar-refractivity contribution >= 4 is 21.4 Å². The zero-order chi connectivity index (χ0) is 17.5. The van der Waals surface area contributed by atoms with E-state index in [9.17, 15) is 22.9 Å². The Labute approximate surface area is 137 Å². The fourth-order valence-electron chi connectivity index (χ4n) is 2.59. The monoisotopic (exact) mass is 351 g/mol. The first-order valence-electron chi connectivity index (χ1n) is 7.09. The molecule has 0 unspecified atom stereocenters. The predicted molar refractivity (Wildman–Crippen MR) is 85.6 cm³/mol. The van der Waals surface area contributed by atoms with Crippen molar-refractivity contribution in [2.45, 2.75) is 23.3 Å². The van der Waals surface area contributed by atoms with Gasteiger partial charge < -0.3 is 5.32 Å². The van der Waals surface area contributed by atoms with E-state index in [4.69, 9.17) is 5.14 Å². The van der Waals surface area contributed by atoms with Gasteiger partial charge >= 0.3 is 0 Å². The number of nitrogens with two attached hydrogens (primary N) is 1. The molecule has 1 fully saturated rings. The number of rotatable bonds is 5. The van der Waals surface area contributed by atoms with Gasteiger partial charge in [-0.15, -0.1) is 0 Å². The van der Waals surface area contributed by atoms with Gasteiger partial charge in [0.05, 0.1) is 9.82 Å². The van der Waals surface area contributed by atoms with Crippen molar-refractivity contribution < 1.29 is 17.7 Å². The van der Waals surface area contributed by atoms with E-state index in [1.165, 1.54) is 24.3 Å². The van der Waals surface area contributed by atoms with Crippen LogP contribution in [0.3, 0.4) is 0 Å². The molecule has 3 rings (SSSR count). The number of sulfonamides is 1. The van der Waals surface area contributed by atoms with Gasteiger partial charge in [0.1, 0.15) is 11.5 Å². The van der Waals surface area contributed by atoms with Crippen molar-refractivity contribution in [3.8, 4) is 0 Å². The van der Waals surface area contributed by atoms with Gasteiger partial charge in [0, 0.05) is 18.0 Å². The number of hydrogen-bond acceptors (Lipinski definition) is 5. The summed E-state index contributed by atoms with van der Waals surface area (Å²) in [5.74, 6) is -0.193. The van der Waals surface area contributed by atoms with Crippen molar-refractivity contribution in [2.75, 3.05) is 5.32 Å². The molecule has 2 aromatic carbocycles. The molecule has 0 amide bonds. The molecule has 2 aromatic rings. The van der Waals surface area contributed by atoms with Gasteiger partial charge in [-0.25, -0.2) is 17.9 Å². The minimum Gasteiger partial charge on any atom is -0.376 e. The lowest BCUT2D eigenvalue weighted by Crippen LogP contribution is -2.13. The van der Waals surface area contributed by atoms with Crippen molar-refractivity contribution in [3.05, 3.63) is 64.0 Å². The van der Waals surface area contributed by atoms with Crippen LogP contribution in [0.15, 0.2) is 47.4 Å². The van der Waals surface area contributed by atoms with Crippen LogP contribution in [-0.2, 0) is 10.0 Å².